The highest BCUT2D eigenvalue weighted by atomic mass is 19.4. The van der Waals surface area contributed by atoms with Crippen LogP contribution in [0.25, 0.3) is 0 Å². The predicted octanol–water partition coefficient (Wildman–Crippen LogP) is 2.53. The van der Waals surface area contributed by atoms with Gasteiger partial charge >= 0.3 is 6.18 Å². The SMILES string of the molecule is C=CN(Cc1ccc(C(F)(F)F)nc1C#N)N=C. The van der Waals surface area contributed by atoms with Crippen LogP contribution in [0, 0.1) is 11.3 Å². The molecule has 1 heterocycles. The third-order valence-corrected chi connectivity index (χ3v) is 2.10. The first kappa shape index (κ1) is 13.7. The maximum Gasteiger partial charge on any atom is 0.433 e. The lowest BCUT2D eigenvalue weighted by Gasteiger charge is -2.14. The average molecular weight is 254 g/mol. The Labute approximate surface area is 102 Å². The van der Waals surface area contributed by atoms with Crippen molar-refractivity contribution in [2.24, 2.45) is 5.10 Å². The molecule has 0 saturated carbocycles. The Hall–Kier alpha value is -2.36. The maximum absolute atomic E-state index is 12.4. The Balaban J connectivity index is 3.13. The van der Waals surface area contributed by atoms with Gasteiger partial charge in [0.1, 0.15) is 17.5 Å². The Bertz CT molecular complexity index is 494. The minimum atomic E-state index is -4.57. The van der Waals surface area contributed by atoms with Gasteiger partial charge in [0, 0.05) is 18.5 Å². The van der Waals surface area contributed by atoms with Gasteiger partial charge in [-0.15, -0.1) is 0 Å². The molecule has 0 spiro atoms. The summed E-state index contributed by atoms with van der Waals surface area (Å²) in [4.78, 5) is 3.27. The van der Waals surface area contributed by atoms with Gasteiger partial charge in [0.2, 0.25) is 0 Å². The molecule has 0 fully saturated rings. The number of hydrazone groups is 1. The van der Waals surface area contributed by atoms with E-state index in [4.69, 9.17) is 5.26 Å². The van der Waals surface area contributed by atoms with Crippen LogP contribution in [0.1, 0.15) is 17.0 Å². The number of pyridine rings is 1. The molecule has 94 valence electrons. The molecule has 0 aliphatic heterocycles. The number of hydrogen-bond donors (Lipinski definition) is 0. The fraction of sp³-hybridized carbons (Fsp3) is 0.182. The highest BCUT2D eigenvalue weighted by Gasteiger charge is 2.33. The van der Waals surface area contributed by atoms with Gasteiger partial charge in [-0.1, -0.05) is 12.6 Å². The van der Waals surface area contributed by atoms with Crippen molar-refractivity contribution in [3.63, 3.8) is 0 Å². The zero-order valence-corrected chi connectivity index (χ0v) is 9.28. The third kappa shape index (κ3) is 3.07. The van der Waals surface area contributed by atoms with E-state index in [0.29, 0.717) is 5.56 Å². The molecule has 4 nitrogen and oxygen atoms in total. The largest absolute Gasteiger partial charge is 0.433 e. The molecular formula is C11H9F3N4. The van der Waals surface area contributed by atoms with Crippen molar-refractivity contribution in [3.8, 4) is 6.07 Å². The number of alkyl halides is 3. The van der Waals surface area contributed by atoms with Gasteiger partial charge in [-0.3, -0.25) is 5.01 Å². The molecule has 0 aliphatic carbocycles. The summed E-state index contributed by atoms with van der Waals surface area (Å²) in [5, 5.41) is 13.6. The molecule has 0 atom stereocenters. The molecule has 0 amide bonds. The van der Waals surface area contributed by atoms with Gasteiger partial charge in [0.25, 0.3) is 0 Å². The summed E-state index contributed by atoms with van der Waals surface area (Å²) in [5.41, 5.74) is -1.07. The van der Waals surface area contributed by atoms with Crippen molar-refractivity contribution in [1.29, 1.82) is 5.26 Å². The van der Waals surface area contributed by atoms with Crippen LogP contribution >= 0.6 is 0 Å². The van der Waals surface area contributed by atoms with E-state index in [2.05, 4.69) is 23.4 Å². The first-order chi connectivity index (χ1) is 8.42. The Morgan fingerprint density at radius 2 is 2.17 bits per heavy atom. The first-order valence-electron chi connectivity index (χ1n) is 4.75. The standard InChI is InChI=1S/C11H9F3N4/c1-3-18(16-2)7-8-4-5-10(11(12,13)14)17-9(8)6-15/h3-5H,1-2,7H2. The summed E-state index contributed by atoms with van der Waals surface area (Å²) in [7, 11) is 0. The van der Waals surface area contributed by atoms with Crippen molar-refractivity contribution in [1.82, 2.24) is 9.99 Å². The molecule has 0 saturated heterocycles. The van der Waals surface area contributed by atoms with Crippen molar-refractivity contribution in [2.75, 3.05) is 0 Å². The number of nitrogens with zero attached hydrogens (tertiary/aromatic N) is 4. The number of hydrogen-bond acceptors (Lipinski definition) is 4. The summed E-state index contributed by atoms with van der Waals surface area (Å²) in [6.45, 7) is 6.80. The van der Waals surface area contributed by atoms with Gasteiger partial charge in [-0.05, 0) is 6.07 Å². The summed E-state index contributed by atoms with van der Waals surface area (Å²) in [6.07, 6.45) is -3.23. The fourth-order valence-electron chi connectivity index (χ4n) is 1.22. The molecule has 1 aromatic heterocycles. The van der Waals surface area contributed by atoms with E-state index in [9.17, 15) is 13.2 Å². The maximum atomic E-state index is 12.4. The average Bonchev–Trinajstić information content (AvgIpc) is 2.34. The van der Waals surface area contributed by atoms with Crippen molar-refractivity contribution >= 4 is 6.72 Å². The minimum absolute atomic E-state index is 0.0844. The summed E-state index contributed by atoms with van der Waals surface area (Å²) in [5.74, 6) is 0. The van der Waals surface area contributed by atoms with E-state index >= 15 is 0 Å². The van der Waals surface area contributed by atoms with Gasteiger partial charge in [0.15, 0.2) is 0 Å². The van der Waals surface area contributed by atoms with E-state index in [0.717, 1.165) is 6.07 Å². The van der Waals surface area contributed by atoms with Crippen LogP contribution in [0.5, 0.6) is 0 Å². The van der Waals surface area contributed by atoms with Crippen LogP contribution in [0.2, 0.25) is 0 Å². The van der Waals surface area contributed by atoms with E-state index in [1.165, 1.54) is 17.3 Å². The molecule has 0 aromatic carbocycles. The highest BCUT2D eigenvalue weighted by Crippen LogP contribution is 2.28. The monoisotopic (exact) mass is 254 g/mol. The minimum Gasteiger partial charge on any atom is -0.269 e. The number of nitriles is 1. The Kier molecular flexibility index (Phi) is 4.05. The van der Waals surface area contributed by atoms with E-state index in [-0.39, 0.29) is 12.2 Å². The van der Waals surface area contributed by atoms with E-state index < -0.39 is 11.9 Å². The number of aromatic nitrogens is 1. The van der Waals surface area contributed by atoms with Gasteiger partial charge < -0.3 is 0 Å². The molecule has 0 radical (unpaired) electrons. The lowest BCUT2D eigenvalue weighted by atomic mass is 10.1. The van der Waals surface area contributed by atoms with Crippen molar-refractivity contribution < 1.29 is 13.2 Å². The van der Waals surface area contributed by atoms with Crippen LogP contribution in [-0.2, 0) is 12.7 Å². The van der Waals surface area contributed by atoms with Crippen LogP contribution in [0.3, 0.4) is 0 Å². The molecule has 0 bridgehead atoms. The summed E-state index contributed by atoms with van der Waals surface area (Å²) >= 11 is 0. The number of rotatable bonds is 4. The lowest BCUT2D eigenvalue weighted by molar-refractivity contribution is -0.141. The quantitative estimate of drug-likeness (QED) is 0.612. The zero-order valence-electron chi connectivity index (χ0n) is 9.28. The zero-order chi connectivity index (χ0) is 13.8. The lowest BCUT2D eigenvalue weighted by Crippen LogP contribution is -2.13. The van der Waals surface area contributed by atoms with Crippen LogP contribution in [0.15, 0.2) is 30.0 Å². The van der Waals surface area contributed by atoms with Crippen LogP contribution in [-0.4, -0.2) is 16.7 Å². The van der Waals surface area contributed by atoms with Gasteiger partial charge in [-0.25, -0.2) is 4.98 Å². The summed E-state index contributed by atoms with van der Waals surface area (Å²) < 4.78 is 37.2. The van der Waals surface area contributed by atoms with Crippen molar-refractivity contribution in [2.45, 2.75) is 12.7 Å². The van der Waals surface area contributed by atoms with E-state index in [1.807, 2.05) is 0 Å². The second kappa shape index (κ2) is 5.31. The predicted molar refractivity (Wildman–Crippen MR) is 59.2 cm³/mol. The molecular weight excluding hydrogens is 245 g/mol. The Morgan fingerprint density at radius 1 is 1.50 bits per heavy atom. The molecule has 0 N–H and O–H groups in total. The van der Waals surface area contributed by atoms with Crippen LogP contribution in [0.4, 0.5) is 13.2 Å². The molecule has 1 rings (SSSR count). The molecule has 18 heavy (non-hydrogen) atoms. The van der Waals surface area contributed by atoms with Gasteiger partial charge in [0.05, 0.1) is 6.54 Å². The normalized spacial score (nSPS) is 10.6. The topological polar surface area (TPSA) is 52.3 Å². The second-order valence-electron chi connectivity index (χ2n) is 3.24. The Morgan fingerprint density at radius 3 is 2.61 bits per heavy atom. The van der Waals surface area contributed by atoms with Gasteiger partial charge in [-0.2, -0.15) is 23.5 Å². The fourth-order valence-corrected chi connectivity index (χ4v) is 1.22. The molecule has 7 heteroatoms. The molecule has 0 unspecified atom stereocenters. The summed E-state index contributed by atoms with van der Waals surface area (Å²) in [6, 6.07) is 3.64. The van der Waals surface area contributed by atoms with Crippen molar-refractivity contribution in [3.05, 3.63) is 41.9 Å². The molecule has 0 aliphatic rings. The first-order valence-corrected chi connectivity index (χ1v) is 4.75. The third-order valence-electron chi connectivity index (χ3n) is 2.10. The second-order valence-corrected chi connectivity index (χ2v) is 3.24. The van der Waals surface area contributed by atoms with E-state index in [1.54, 1.807) is 6.07 Å². The highest BCUT2D eigenvalue weighted by molar-refractivity contribution is 5.33. The molecule has 1 aromatic rings. The van der Waals surface area contributed by atoms with Crippen LogP contribution < -0.4 is 0 Å². The number of halogens is 3. The smallest absolute Gasteiger partial charge is 0.269 e.